The van der Waals surface area contributed by atoms with Crippen molar-refractivity contribution in [3.05, 3.63) is 52.9 Å². The number of aromatic nitrogens is 1. The van der Waals surface area contributed by atoms with Crippen molar-refractivity contribution < 1.29 is 23.9 Å². The number of ether oxygens (including phenoxy) is 2. The largest absolute Gasteiger partial charge is 0.451 e. The third kappa shape index (κ3) is 5.91. The smallest absolute Gasteiger partial charge is 0.349 e. The number of methoxy groups -OCH3 is 1. The highest BCUT2D eigenvalue weighted by atomic mass is 16.5. The molecule has 1 aliphatic rings. The van der Waals surface area contributed by atoms with Crippen LogP contribution in [0.2, 0.25) is 0 Å². The molecular weight excluding hydrogens is 436 g/mol. The van der Waals surface area contributed by atoms with E-state index in [1.165, 1.54) is 6.08 Å². The number of nitriles is 1. The Labute approximate surface area is 198 Å². The number of anilines is 2. The molecule has 3 rings (SSSR count). The van der Waals surface area contributed by atoms with Crippen molar-refractivity contribution in [3.63, 3.8) is 0 Å². The lowest BCUT2D eigenvalue weighted by atomic mass is 10.1. The minimum absolute atomic E-state index is 0.0851. The second kappa shape index (κ2) is 11.3. The lowest BCUT2D eigenvalue weighted by molar-refractivity contribution is -0.142. The summed E-state index contributed by atoms with van der Waals surface area (Å²) in [7, 11) is 1.63. The van der Waals surface area contributed by atoms with Crippen LogP contribution in [0.25, 0.3) is 6.08 Å². The summed E-state index contributed by atoms with van der Waals surface area (Å²) >= 11 is 0. The Balaban J connectivity index is 1.57. The number of benzene rings is 1. The Morgan fingerprint density at radius 1 is 1.24 bits per heavy atom. The van der Waals surface area contributed by atoms with Crippen molar-refractivity contribution in [2.24, 2.45) is 0 Å². The van der Waals surface area contributed by atoms with Crippen molar-refractivity contribution >= 4 is 35.2 Å². The summed E-state index contributed by atoms with van der Waals surface area (Å²) in [6, 6.07) is 10.6. The average molecular weight is 465 g/mol. The highest BCUT2D eigenvalue weighted by Crippen LogP contribution is 2.23. The molecule has 9 heteroatoms. The van der Waals surface area contributed by atoms with E-state index < -0.39 is 18.5 Å². The molecule has 0 atom stereocenters. The molecule has 0 aliphatic carbocycles. The summed E-state index contributed by atoms with van der Waals surface area (Å²) in [5.41, 5.74) is 3.69. The second-order valence-corrected chi connectivity index (χ2v) is 7.96. The minimum atomic E-state index is -0.873. The van der Waals surface area contributed by atoms with Crippen LogP contribution in [-0.4, -0.2) is 49.2 Å². The first kappa shape index (κ1) is 24.7. The molecule has 0 saturated carbocycles. The Morgan fingerprint density at radius 2 is 1.97 bits per heavy atom. The van der Waals surface area contributed by atoms with Crippen LogP contribution < -0.4 is 10.2 Å². The fraction of sp³-hybridized carbons (Fsp3) is 0.360. The molecule has 0 unspecified atom stereocenters. The Morgan fingerprint density at radius 3 is 2.59 bits per heavy atom. The van der Waals surface area contributed by atoms with Gasteiger partial charge in [0.15, 0.2) is 6.61 Å². The van der Waals surface area contributed by atoms with E-state index in [9.17, 15) is 19.6 Å². The molecule has 2 amide bonds. The lowest BCUT2D eigenvalue weighted by Crippen LogP contribution is -2.24. The highest BCUT2D eigenvalue weighted by Gasteiger charge is 2.21. The van der Waals surface area contributed by atoms with Gasteiger partial charge in [0, 0.05) is 49.4 Å². The zero-order valence-corrected chi connectivity index (χ0v) is 19.6. The van der Waals surface area contributed by atoms with E-state index in [0.717, 1.165) is 29.1 Å². The molecule has 178 valence electrons. The number of hydrogen-bond donors (Lipinski definition) is 1. The van der Waals surface area contributed by atoms with E-state index >= 15 is 0 Å². The SMILES string of the molecule is COCCn1c(C)cc(/C=C(\C#N)C(=O)OCC(=O)Nc2ccc(N3CCCC3=O)cc2)c1C. The van der Waals surface area contributed by atoms with Crippen LogP contribution in [0.4, 0.5) is 11.4 Å². The molecule has 0 radical (unpaired) electrons. The first-order valence-corrected chi connectivity index (χ1v) is 11.0. The Bertz CT molecular complexity index is 1140. The van der Waals surface area contributed by atoms with Crippen molar-refractivity contribution in [1.29, 1.82) is 5.26 Å². The third-order valence-electron chi connectivity index (χ3n) is 5.64. The van der Waals surface area contributed by atoms with Crippen LogP contribution in [0.15, 0.2) is 35.9 Å². The maximum Gasteiger partial charge on any atom is 0.349 e. The van der Waals surface area contributed by atoms with Gasteiger partial charge in [0.25, 0.3) is 5.91 Å². The summed E-state index contributed by atoms with van der Waals surface area (Å²) in [6.45, 7) is 5.19. The molecule has 0 bridgehead atoms. The van der Waals surface area contributed by atoms with Gasteiger partial charge < -0.3 is 24.3 Å². The average Bonchev–Trinajstić information content (AvgIpc) is 3.37. The summed E-state index contributed by atoms with van der Waals surface area (Å²) in [6.07, 6.45) is 2.84. The van der Waals surface area contributed by atoms with E-state index in [2.05, 4.69) is 5.32 Å². The zero-order chi connectivity index (χ0) is 24.7. The first-order valence-electron chi connectivity index (χ1n) is 11.0. The summed E-state index contributed by atoms with van der Waals surface area (Å²) < 4.78 is 12.2. The number of esters is 1. The fourth-order valence-corrected chi connectivity index (χ4v) is 3.84. The van der Waals surface area contributed by atoms with E-state index in [4.69, 9.17) is 9.47 Å². The maximum absolute atomic E-state index is 12.4. The highest BCUT2D eigenvalue weighted by molar-refractivity contribution is 6.00. The molecule has 9 nitrogen and oxygen atoms in total. The van der Waals surface area contributed by atoms with Gasteiger partial charge in [-0.05, 0) is 62.2 Å². The van der Waals surface area contributed by atoms with Gasteiger partial charge in [-0.1, -0.05) is 0 Å². The van der Waals surface area contributed by atoms with Gasteiger partial charge in [0.1, 0.15) is 11.6 Å². The number of carbonyl (C=O) groups excluding carboxylic acids is 3. The second-order valence-electron chi connectivity index (χ2n) is 7.96. The number of rotatable bonds is 9. The van der Waals surface area contributed by atoms with Gasteiger partial charge in [-0.2, -0.15) is 5.26 Å². The van der Waals surface area contributed by atoms with Crippen molar-refractivity contribution in [3.8, 4) is 6.07 Å². The Hall–Kier alpha value is -3.90. The number of nitrogens with zero attached hydrogens (tertiary/aromatic N) is 3. The number of carbonyl (C=O) groups is 3. The molecule has 0 spiro atoms. The quantitative estimate of drug-likeness (QED) is 0.347. The minimum Gasteiger partial charge on any atom is -0.451 e. The molecule has 1 aromatic heterocycles. The van der Waals surface area contributed by atoms with E-state index in [1.54, 1.807) is 36.3 Å². The molecule has 2 heterocycles. The van der Waals surface area contributed by atoms with E-state index in [0.29, 0.717) is 31.8 Å². The number of aryl methyl sites for hydroxylation is 1. The molecule has 1 fully saturated rings. The standard InChI is InChI=1S/C25H28N4O5/c1-17-13-19(18(2)28(17)11-12-33-3)14-20(15-26)25(32)34-16-23(30)27-21-6-8-22(9-7-21)29-10-4-5-24(29)31/h6-9,13-14H,4-5,10-12,16H2,1-3H3,(H,27,30)/b20-14+. The maximum atomic E-state index is 12.4. The van der Waals surface area contributed by atoms with Crippen molar-refractivity contribution in [2.45, 2.75) is 33.2 Å². The molecule has 1 aromatic carbocycles. The normalized spacial score (nSPS) is 13.6. The van der Waals surface area contributed by atoms with E-state index in [1.807, 2.05) is 30.6 Å². The summed E-state index contributed by atoms with van der Waals surface area (Å²) in [4.78, 5) is 38.1. The molecular formula is C25H28N4O5. The van der Waals surface area contributed by atoms with Gasteiger partial charge in [0.05, 0.1) is 6.61 Å². The Kier molecular flexibility index (Phi) is 8.22. The lowest BCUT2D eigenvalue weighted by Gasteiger charge is -2.16. The summed E-state index contributed by atoms with van der Waals surface area (Å²) in [5, 5.41) is 12.1. The van der Waals surface area contributed by atoms with Crippen molar-refractivity contribution in [1.82, 2.24) is 4.57 Å². The molecule has 1 aliphatic heterocycles. The van der Waals surface area contributed by atoms with Crippen LogP contribution in [0.3, 0.4) is 0 Å². The predicted octanol–water partition coefficient (Wildman–Crippen LogP) is 2.97. The third-order valence-corrected chi connectivity index (χ3v) is 5.64. The number of amides is 2. The van der Waals surface area contributed by atoms with Gasteiger partial charge >= 0.3 is 5.97 Å². The number of nitrogens with one attached hydrogen (secondary N) is 1. The molecule has 1 N–H and O–H groups in total. The van der Waals surface area contributed by atoms with Crippen LogP contribution in [0.1, 0.15) is 29.8 Å². The van der Waals surface area contributed by atoms with Gasteiger partial charge in [-0.3, -0.25) is 9.59 Å². The first-order chi connectivity index (χ1) is 16.3. The van der Waals surface area contributed by atoms with Crippen LogP contribution in [0, 0.1) is 25.2 Å². The van der Waals surface area contributed by atoms with Gasteiger partial charge in [-0.25, -0.2) is 4.79 Å². The van der Waals surface area contributed by atoms with Crippen LogP contribution >= 0.6 is 0 Å². The topological polar surface area (TPSA) is 114 Å². The zero-order valence-electron chi connectivity index (χ0n) is 19.6. The number of hydrogen-bond acceptors (Lipinski definition) is 6. The monoisotopic (exact) mass is 464 g/mol. The van der Waals surface area contributed by atoms with Gasteiger partial charge in [0.2, 0.25) is 5.91 Å². The van der Waals surface area contributed by atoms with E-state index in [-0.39, 0.29) is 11.5 Å². The van der Waals surface area contributed by atoms with Crippen LogP contribution in [0.5, 0.6) is 0 Å². The molecule has 2 aromatic rings. The molecule has 34 heavy (non-hydrogen) atoms. The summed E-state index contributed by atoms with van der Waals surface area (Å²) in [5.74, 6) is -1.32. The molecule has 1 saturated heterocycles. The fourth-order valence-electron chi connectivity index (χ4n) is 3.84. The predicted molar refractivity (Wildman–Crippen MR) is 127 cm³/mol. The van der Waals surface area contributed by atoms with Crippen molar-refractivity contribution in [2.75, 3.05) is 37.1 Å². The van der Waals surface area contributed by atoms with Gasteiger partial charge in [-0.15, -0.1) is 0 Å². The van der Waals surface area contributed by atoms with Crippen LogP contribution in [-0.2, 0) is 30.4 Å².